The fraction of sp³-hybridized carbons (Fsp3) is 0.444. The predicted molar refractivity (Wildman–Crippen MR) is 93.6 cm³/mol. The van der Waals surface area contributed by atoms with E-state index in [-0.39, 0.29) is 11.9 Å². The number of carbonyl (C=O) groups excluding carboxylic acids is 1. The molecule has 128 valence electrons. The Kier molecular flexibility index (Phi) is 4.74. The highest BCUT2D eigenvalue weighted by molar-refractivity contribution is 5.95. The second kappa shape index (κ2) is 6.95. The van der Waals surface area contributed by atoms with Crippen molar-refractivity contribution < 1.29 is 9.53 Å². The van der Waals surface area contributed by atoms with E-state index in [1.54, 1.807) is 17.9 Å². The average molecular weight is 328 g/mol. The van der Waals surface area contributed by atoms with Gasteiger partial charge in [0.2, 0.25) is 0 Å². The third kappa shape index (κ3) is 3.53. The van der Waals surface area contributed by atoms with Gasteiger partial charge in [-0.3, -0.25) is 9.48 Å². The number of hydrogen-bond donors (Lipinski definition) is 1. The van der Waals surface area contributed by atoms with Crippen molar-refractivity contribution in [2.75, 3.05) is 25.1 Å². The standard InChI is InChI=1S/C18H24N4O2/c1-13-6-7-14(9-17(13)24-3)18(23)20-15-5-4-8-22(11-15)16-10-19-21(2)12-16/h6-7,9-10,12,15H,4-5,8,11H2,1-3H3,(H,20,23). The molecule has 1 aromatic carbocycles. The minimum atomic E-state index is -0.0497. The number of anilines is 1. The van der Waals surface area contributed by atoms with Crippen LogP contribution in [-0.4, -0.2) is 41.9 Å². The van der Waals surface area contributed by atoms with Gasteiger partial charge in [0.05, 0.1) is 19.0 Å². The molecule has 6 nitrogen and oxygen atoms in total. The molecule has 1 unspecified atom stereocenters. The summed E-state index contributed by atoms with van der Waals surface area (Å²) in [5.74, 6) is 0.689. The fourth-order valence-corrected chi connectivity index (χ4v) is 3.13. The smallest absolute Gasteiger partial charge is 0.251 e. The monoisotopic (exact) mass is 328 g/mol. The zero-order chi connectivity index (χ0) is 17.1. The highest BCUT2D eigenvalue weighted by Crippen LogP contribution is 2.21. The van der Waals surface area contributed by atoms with Crippen molar-refractivity contribution in [2.45, 2.75) is 25.8 Å². The summed E-state index contributed by atoms with van der Waals surface area (Å²) < 4.78 is 7.11. The van der Waals surface area contributed by atoms with Gasteiger partial charge in [-0.1, -0.05) is 6.07 Å². The molecule has 0 radical (unpaired) electrons. The van der Waals surface area contributed by atoms with Gasteiger partial charge >= 0.3 is 0 Å². The van der Waals surface area contributed by atoms with Gasteiger partial charge in [-0.2, -0.15) is 5.10 Å². The van der Waals surface area contributed by atoms with E-state index in [2.05, 4.69) is 15.3 Å². The maximum absolute atomic E-state index is 12.5. The van der Waals surface area contributed by atoms with Crippen LogP contribution in [0.3, 0.4) is 0 Å². The molecule has 24 heavy (non-hydrogen) atoms. The number of methoxy groups -OCH3 is 1. The lowest BCUT2D eigenvalue weighted by molar-refractivity contribution is 0.0933. The van der Waals surface area contributed by atoms with Crippen LogP contribution in [0.25, 0.3) is 0 Å². The van der Waals surface area contributed by atoms with Crippen LogP contribution in [0.1, 0.15) is 28.8 Å². The molecule has 1 aliphatic rings. The molecule has 0 saturated carbocycles. The predicted octanol–water partition coefficient (Wildman–Crippen LogP) is 2.14. The number of rotatable bonds is 4. The number of nitrogens with zero attached hydrogens (tertiary/aromatic N) is 3. The summed E-state index contributed by atoms with van der Waals surface area (Å²) in [6.07, 6.45) is 5.92. The van der Waals surface area contributed by atoms with Crippen molar-refractivity contribution in [2.24, 2.45) is 7.05 Å². The van der Waals surface area contributed by atoms with Crippen LogP contribution in [0.5, 0.6) is 5.75 Å². The van der Waals surface area contributed by atoms with Gasteiger partial charge in [-0.15, -0.1) is 0 Å². The van der Waals surface area contributed by atoms with Crippen molar-refractivity contribution in [3.63, 3.8) is 0 Å². The van der Waals surface area contributed by atoms with Crippen LogP contribution >= 0.6 is 0 Å². The maximum atomic E-state index is 12.5. The van der Waals surface area contributed by atoms with E-state index in [9.17, 15) is 4.79 Å². The number of ether oxygens (including phenoxy) is 1. The van der Waals surface area contributed by atoms with Crippen molar-refractivity contribution in [1.82, 2.24) is 15.1 Å². The molecule has 3 rings (SSSR count). The fourth-order valence-electron chi connectivity index (χ4n) is 3.13. The van der Waals surface area contributed by atoms with E-state index in [1.807, 2.05) is 38.5 Å². The summed E-state index contributed by atoms with van der Waals surface area (Å²) in [7, 11) is 3.54. The van der Waals surface area contributed by atoms with E-state index >= 15 is 0 Å². The van der Waals surface area contributed by atoms with E-state index in [0.29, 0.717) is 5.56 Å². The number of aryl methyl sites for hydroxylation is 2. The Hall–Kier alpha value is -2.50. The second-order valence-electron chi connectivity index (χ2n) is 6.32. The van der Waals surface area contributed by atoms with E-state index in [0.717, 1.165) is 42.9 Å². The van der Waals surface area contributed by atoms with Crippen LogP contribution < -0.4 is 15.0 Å². The van der Waals surface area contributed by atoms with Gasteiger partial charge in [-0.25, -0.2) is 0 Å². The van der Waals surface area contributed by atoms with Crippen molar-refractivity contribution in [3.8, 4) is 5.75 Å². The molecule has 0 spiro atoms. The minimum Gasteiger partial charge on any atom is -0.496 e. The molecular weight excluding hydrogens is 304 g/mol. The third-order valence-electron chi connectivity index (χ3n) is 4.48. The van der Waals surface area contributed by atoms with E-state index < -0.39 is 0 Å². The average Bonchev–Trinajstić information content (AvgIpc) is 3.02. The molecule has 0 aliphatic carbocycles. The number of benzene rings is 1. The van der Waals surface area contributed by atoms with Crippen LogP contribution in [-0.2, 0) is 7.05 Å². The number of piperidine rings is 1. The number of amides is 1. The summed E-state index contributed by atoms with van der Waals surface area (Å²) >= 11 is 0. The van der Waals surface area contributed by atoms with Crippen LogP contribution in [0.2, 0.25) is 0 Å². The summed E-state index contributed by atoms with van der Waals surface area (Å²) in [6.45, 7) is 3.77. The summed E-state index contributed by atoms with van der Waals surface area (Å²) in [6, 6.07) is 5.69. The molecule has 1 N–H and O–H groups in total. The molecule has 1 aliphatic heterocycles. The van der Waals surface area contributed by atoms with Crippen LogP contribution in [0.4, 0.5) is 5.69 Å². The van der Waals surface area contributed by atoms with E-state index in [4.69, 9.17) is 4.74 Å². The topological polar surface area (TPSA) is 59.4 Å². The Morgan fingerprint density at radius 1 is 1.42 bits per heavy atom. The van der Waals surface area contributed by atoms with Gasteiger partial charge in [-0.05, 0) is 37.5 Å². The molecule has 1 atom stereocenters. The van der Waals surface area contributed by atoms with Crippen LogP contribution in [0.15, 0.2) is 30.6 Å². The molecule has 1 amide bonds. The molecule has 1 aromatic heterocycles. The molecule has 1 saturated heterocycles. The van der Waals surface area contributed by atoms with Crippen LogP contribution in [0, 0.1) is 6.92 Å². The maximum Gasteiger partial charge on any atom is 0.251 e. The number of nitrogens with one attached hydrogen (secondary N) is 1. The zero-order valence-electron chi connectivity index (χ0n) is 14.5. The molecule has 1 fully saturated rings. The largest absolute Gasteiger partial charge is 0.496 e. The second-order valence-corrected chi connectivity index (χ2v) is 6.32. The van der Waals surface area contributed by atoms with Crippen molar-refractivity contribution >= 4 is 11.6 Å². The first-order valence-electron chi connectivity index (χ1n) is 8.26. The molecule has 6 heteroatoms. The Morgan fingerprint density at radius 2 is 2.25 bits per heavy atom. The van der Waals surface area contributed by atoms with Gasteiger partial charge in [0.1, 0.15) is 5.75 Å². The van der Waals surface area contributed by atoms with Gasteiger partial charge in [0.25, 0.3) is 5.91 Å². The number of carbonyl (C=O) groups is 1. The van der Waals surface area contributed by atoms with Gasteiger partial charge < -0.3 is 15.0 Å². The molecule has 2 heterocycles. The number of aromatic nitrogens is 2. The highest BCUT2D eigenvalue weighted by Gasteiger charge is 2.23. The normalized spacial score (nSPS) is 17.6. The Labute approximate surface area is 142 Å². The lowest BCUT2D eigenvalue weighted by Gasteiger charge is -2.33. The number of hydrogen-bond acceptors (Lipinski definition) is 4. The Morgan fingerprint density at radius 3 is 2.96 bits per heavy atom. The summed E-state index contributed by atoms with van der Waals surface area (Å²) in [5, 5.41) is 7.38. The lowest BCUT2D eigenvalue weighted by atomic mass is 10.0. The Balaban J connectivity index is 1.65. The summed E-state index contributed by atoms with van der Waals surface area (Å²) in [4.78, 5) is 14.8. The van der Waals surface area contributed by atoms with E-state index in [1.165, 1.54) is 0 Å². The zero-order valence-corrected chi connectivity index (χ0v) is 14.5. The first-order chi connectivity index (χ1) is 11.6. The minimum absolute atomic E-state index is 0.0497. The molecule has 2 aromatic rings. The Bertz CT molecular complexity index is 726. The first kappa shape index (κ1) is 16.4. The molecular formula is C18H24N4O2. The van der Waals surface area contributed by atoms with Crippen molar-refractivity contribution in [1.29, 1.82) is 0 Å². The van der Waals surface area contributed by atoms with Gasteiger partial charge in [0.15, 0.2) is 0 Å². The SMILES string of the molecule is COc1cc(C(=O)NC2CCCN(c3cnn(C)c3)C2)ccc1C. The quantitative estimate of drug-likeness (QED) is 0.934. The molecule has 0 bridgehead atoms. The highest BCUT2D eigenvalue weighted by atomic mass is 16.5. The third-order valence-corrected chi connectivity index (χ3v) is 4.48. The summed E-state index contributed by atoms with van der Waals surface area (Å²) in [5.41, 5.74) is 2.76. The first-order valence-corrected chi connectivity index (χ1v) is 8.26. The van der Waals surface area contributed by atoms with Gasteiger partial charge in [0, 0.05) is 37.9 Å². The lowest BCUT2D eigenvalue weighted by Crippen LogP contribution is -2.47. The van der Waals surface area contributed by atoms with Crippen molar-refractivity contribution in [3.05, 3.63) is 41.7 Å².